The first-order valence-corrected chi connectivity index (χ1v) is 7.86. The van der Waals surface area contributed by atoms with Gasteiger partial charge in [-0.2, -0.15) is 0 Å². The van der Waals surface area contributed by atoms with Gasteiger partial charge in [0.05, 0.1) is 0 Å². The normalized spacial score (nSPS) is 12.5. The topological polar surface area (TPSA) is 20.2 Å². The van der Waals surface area contributed by atoms with Crippen LogP contribution in [0.4, 0.5) is 0 Å². The first-order chi connectivity index (χ1) is 11.3. The highest BCUT2D eigenvalue weighted by atomic mass is 16.3. The third-order valence-corrected chi connectivity index (χ3v) is 5.23. The molecule has 0 atom stereocenters. The van der Waals surface area contributed by atoms with Gasteiger partial charge < -0.3 is 5.11 Å². The fraction of sp³-hybridized carbons (Fsp3) is 0. The fourth-order valence-electron chi connectivity index (χ4n) is 4.31. The van der Waals surface area contributed by atoms with E-state index in [1.54, 1.807) is 0 Å². The number of phenols is 1. The van der Waals surface area contributed by atoms with Crippen molar-refractivity contribution in [3.05, 3.63) is 66.7 Å². The van der Waals surface area contributed by atoms with Gasteiger partial charge in [-0.1, -0.05) is 60.7 Å². The lowest BCUT2D eigenvalue weighted by Crippen LogP contribution is -1.90. The highest BCUT2D eigenvalue weighted by Gasteiger charge is 2.18. The summed E-state index contributed by atoms with van der Waals surface area (Å²) in [7, 11) is 0. The first-order valence-electron chi connectivity index (χ1n) is 7.86. The molecular formula is C22H12O. The van der Waals surface area contributed by atoms with Crippen molar-refractivity contribution in [1.82, 2.24) is 0 Å². The second kappa shape index (κ2) is 3.64. The van der Waals surface area contributed by atoms with Gasteiger partial charge in [-0.25, -0.2) is 0 Å². The Bertz CT molecular complexity index is 1360. The highest BCUT2D eigenvalue weighted by Crippen LogP contribution is 2.46. The van der Waals surface area contributed by atoms with Gasteiger partial charge in [-0.3, -0.25) is 0 Å². The molecule has 0 heterocycles. The molecule has 23 heavy (non-hydrogen) atoms. The number of rotatable bonds is 0. The Labute approximate surface area is 132 Å². The summed E-state index contributed by atoms with van der Waals surface area (Å²) in [5.41, 5.74) is 0. The van der Waals surface area contributed by atoms with Crippen LogP contribution < -0.4 is 0 Å². The third kappa shape index (κ3) is 1.21. The zero-order chi connectivity index (χ0) is 15.1. The molecule has 106 valence electrons. The quantitative estimate of drug-likeness (QED) is 0.267. The molecule has 0 bridgehead atoms. The lowest BCUT2D eigenvalue weighted by atomic mass is 9.85. The molecule has 6 aromatic rings. The average molecular weight is 292 g/mol. The van der Waals surface area contributed by atoms with E-state index in [9.17, 15) is 5.11 Å². The number of benzene rings is 6. The van der Waals surface area contributed by atoms with Crippen molar-refractivity contribution in [3.63, 3.8) is 0 Å². The predicted molar refractivity (Wildman–Crippen MR) is 98.0 cm³/mol. The minimum atomic E-state index is 0.364. The summed E-state index contributed by atoms with van der Waals surface area (Å²) in [4.78, 5) is 0. The smallest absolute Gasteiger partial charge is 0.124 e. The molecule has 0 amide bonds. The van der Waals surface area contributed by atoms with E-state index in [-0.39, 0.29) is 0 Å². The van der Waals surface area contributed by atoms with E-state index in [0.29, 0.717) is 5.75 Å². The molecule has 0 aliphatic carbocycles. The molecule has 1 nitrogen and oxygen atoms in total. The maximum atomic E-state index is 10.5. The van der Waals surface area contributed by atoms with Crippen molar-refractivity contribution >= 4 is 53.9 Å². The van der Waals surface area contributed by atoms with Crippen LogP contribution >= 0.6 is 0 Å². The van der Waals surface area contributed by atoms with E-state index in [4.69, 9.17) is 0 Å². The predicted octanol–water partition coefficient (Wildman–Crippen LogP) is 6.03. The Morgan fingerprint density at radius 3 is 1.83 bits per heavy atom. The van der Waals surface area contributed by atoms with Crippen LogP contribution in [0.3, 0.4) is 0 Å². The largest absolute Gasteiger partial charge is 0.507 e. The number of phenolic OH excluding ortho intramolecular Hbond substituents is 1. The van der Waals surface area contributed by atoms with Gasteiger partial charge in [0.2, 0.25) is 0 Å². The minimum absolute atomic E-state index is 0.364. The molecule has 0 aromatic heterocycles. The first kappa shape index (κ1) is 11.5. The van der Waals surface area contributed by atoms with Crippen LogP contribution in [0.2, 0.25) is 0 Å². The second-order valence-corrected chi connectivity index (χ2v) is 6.35. The lowest BCUT2D eigenvalue weighted by Gasteiger charge is -2.18. The van der Waals surface area contributed by atoms with Crippen LogP contribution in [0, 0.1) is 0 Å². The van der Waals surface area contributed by atoms with Crippen molar-refractivity contribution < 1.29 is 5.11 Å². The Morgan fingerprint density at radius 1 is 0.478 bits per heavy atom. The van der Waals surface area contributed by atoms with Crippen molar-refractivity contribution in [1.29, 1.82) is 0 Å². The molecule has 0 spiro atoms. The maximum Gasteiger partial charge on any atom is 0.124 e. The minimum Gasteiger partial charge on any atom is -0.507 e. The molecule has 6 rings (SSSR count). The SMILES string of the molecule is Oc1cc2ccc3cccc4c5cccc6ccc1c(c65)c2c34. The Hall–Kier alpha value is -3.06. The van der Waals surface area contributed by atoms with Gasteiger partial charge in [0, 0.05) is 10.8 Å². The standard InChI is InChI=1S/C22H12O/c23-18-11-14-8-7-12-3-1-5-15-16-6-2-4-13-9-10-17(18)22(20(13)16)21(14)19(12)15/h1-11,23H. The monoisotopic (exact) mass is 292 g/mol. The van der Waals surface area contributed by atoms with Gasteiger partial charge >= 0.3 is 0 Å². The van der Waals surface area contributed by atoms with Gasteiger partial charge in [0.15, 0.2) is 0 Å². The van der Waals surface area contributed by atoms with E-state index < -0.39 is 0 Å². The number of hydrogen-bond donors (Lipinski definition) is 1. The van der Waals surface area contributed by atoms with Crippen molar-refractivity contribution in [2.24, 2.45) is 0 Å². The Balaban J connectivity index is 2.20. The summed E-state index contributed by atoms with van der Waals surface area (Å²) < 4.78 is 0. The average Bonchev–Trinajstić information content (AvgIpc) is 2.60. The van der Waals surface area contributed by atoms with E-state index >= 15 is 0 Å². The molecule has 6 aromatic carbocycles. The van der Waals surface area contributed by atoms with Gasteiger partial charge in [0.25, 0.3) is 0 Å². The molecule has 0 saturated heterocycles. The van der Waals surface area contributed by atoms with Crippen LogP contribution in [-0.4, -0.2) is 5.11 Å². The van der Waals surface area contributed by atoms with Gasteiger partial charge in [0.1, 0.15) is 5.75 Å². The van der Waals surface area contributed by atoms with Crippen molar-refractivity contribution in [3.8, 4) is 5.75 Å². The Kier molecular flexibility index (Phi) is 1.82. The summed E-state index contributed by atoms with van der Waals surface area (Å²) in [5.74, 6) is 0.364. The zero-order valence-corrected chi connectivity index (χ0v) is 12.3. The molecule has 0 fully saturated rings. The van der Waals surface area contributed by atoms with E-state index in [1.807, 2.05) is 12.1 Å². The van der Waals surface area contributed by atoms with E-state index in [1.165, 1.54) is 43.1 Å². The molecule has 1 heteroatoms. The highest BCUT2D eigenvalue weighted by molar-refractivity contribution is 6.40. The third-order valence-electron chi connectivity index (χ3n) is 5.23. The molecule has 0 saturated carbocycles. The molecular weight excluding hydrogens is 280 g/mol. The maximum absolute atomic E-state index is 10.5. The molecule has 0 unspecified atom stereocenters. The van der Waals surface area contributed by atoms with Crippen LogP contribution in [0.1, 0.15) is 0 Å². The zero-order valence-electron chi connectivity index (χ0n) is 12.3. The number of fused-ring (bicyclic) bond motifs is 1. The Morgan fingerprint density at radius 2 is 1.09 bits per heavy atom. The van der Waals surface area contributed by atoms with E-state index in [0.717, 1.165) is 10.8 Å². The van der Waals surface area contributed by atoms with Gasteiger partial charge in [-0.05, 0) is 49.2 Å². The number of aromatic hydroxyl groups is 1. The summed E-state index contributed by atoms with van der Waals surface area (Å²) >= 11 is 0. The van der Waals surface area contributed by atoms with Crippen LogP contribution in [0.25, 0.3) is 53.9 Å². The van der Waals surface area contributed by atoms with Crippen molar-refractivity contribution in [2.75, 3.05) is 0 Å². The summed E-state index contributed by atoms with van der Waals surface area (Å²) in [6.07, 6.45) is 0. The summed E-state index contributed by atoms with van der Waals surface area (Å²) in [6.45, 7) is 0. The molecule has 0 aliphatic heterocycles. The second-order valence-electron chi connectivity index (χ2n) is 6.35. The summed E-state index contributed by atoms with van der Waals surface area (Å²) in [5, 5.41) is 22.7. The lowest BCUT2D eigenvalue weighted by molar-refractivity contribution is 0.482. The van der Waals surface area contributed by atoms with Crippen LogP contribution in [0.5, 0.6) is 5.75 Å². The van der Waals surface area contributed by atoms with Crippen molar-refractivity contribution in [2.45, 2.75) is 0 Å². The molecule has 0 radical (unpaired) electrons. The molecule has 1 N–H and O–H groups in total. The van der Waals surface area contributed by atoms with Crippen LogP contribution in [0.15, 0.2) is 66.7 Å². The number of hydrogen-bond acceptors (Lipinski definition) is 1. The van der Waals surface area contributed by atoms with E-state index in [2.05, 4.69) is 54.6 Å². The van der Waals surface area contributed by atoms with Crippen LogP contribution in [-0.2, 0) is 0 Å². The van der Waals surface area contributed by atoms with Gasteiger partial charge in [-0.15, -0.1) is 0 Å². The fourth-order valence-corrected chi connectivity index (χ4v) is 4.31. The molecule has 0 aliphatic rings. The summed E-state index contributed by atoms with van der Waals surface area (Å²) in [6, 6.07) is 23.3.